The van der Waals surface area contributed by atoms with Crippen molar-refractivity contribution >= 4 is 12.0 Å². The molecule has 0 unspecified atom stereocenters. The number of carbonyl (C=O) groups is 1. The van der Waals surface area contributed by atoms with E-state index in [4.69, 9.17) is 5.11 Å². The summed E-state index contributed by atoms with van der Waals surface area (Å²) in [7, 11) is 0. The second-order valence-electron chi connectivity index (χ2n) is 4.80. The van der Waals surface area contributed by atoms with Crippen LogP contribution in [0, 0.1) is 17.0 Å². The molecule has 0 fully saturated rings. The van der Waals surface area contributed by atoms with Gasteiger partial charge in [-0.15, -0.1) is 0 Å². The molecule has 0 atom stereocenters. The number of rotatable bonds is 5. The van der Waals surface area contributed by atoms with E-state index in [9.17, 15) is 13.6 Å². The Morgan fingerprint density at radius 2 is 2.06 bits per heavy atom. The van der Waals surface area contributed by atoms with Gasteiger partial charge in [0.15, 0.2) is 0 Å². The normalized spacial score (nSPS) is 12.0. The summed E-state index contributed by atoms with van der Waals surface area (Å²) in [5.41, 5.74) is -0.504. The van der Waals surface area contributed by atoms with Crippen molar-refractivity contribution in [1.82, 2.24) is 0 Å². The Bertz CT molecular complexity index is 465. The third-order valence-corrected chi connectivity index (χ3v) is 2.77. The molecule has 18 heavy (non-hydrogen) atoms. The lowest BCUT2D eigenvalue weighted by molar-refractivity contribution is -0.147. The summed E-state index contributed by atoms with van der Waals surface area (Å²) in [6, 6.07) is 3.36. The van der Waals surface area contributed by atoms with E-state index in [0.29, 0.717) is 18.4 Å². The molecule has 0 amide bonds. The number of hydrogen-bond acceptors (Lipinski definition) is 1. The fourth-order valence-corrected chi connectivity index (χ4v) is 1.40. The Kier molecular flexibility index (Phi) is 4.59. The van der Waals surface area contributed by atoms with Crippen LogP contribution in [0.5, 0.6) is 0 Å². The Morgan fingerprint density at radius 3 is 2.61 bits per heavy atom. The van der Waals surface area contributed by atoms with Crippen molar-refractivity contribution in [3.05, 3.63) is 41.5 Å². The van der Waals surface area contributed by atoms with E-state index >= 15 is 0 Å². The van der Waals surface area contributed by atoms with Crippen LogP contribution in [-0.4, -0.2) is 11.1 Å². The molecule has 0 aliphatic rings. The van der Waals surface area contributed by atoms with E-state index in [2.05, 4.69) is 0 Å². The zero-order valence-corrected chi connectivity index (χ0v) is 10.4. The Labute approximate surface area is 105 Å². The predicted octanol–water partition coefficient (Wildman–Crippen LogP) is 3.87. The molecule has 1 rings (SSSR count). The van der Waals surface area contributed by atoms with Crippen LogP contribution < -0.4 is 0 Å². The van der Waals surface area contributed by atoms with Crippen LogP contribution in [0.25, 0.3) is 6.08 Å². The topological polar surface area (TPSA) is 37.3 Å². The minimum atomic E-state index is -0.858. The first kappa shape index (κ1) is 14.4. The van der Waals surface area contributed by atoms with Crippen molar-refractivity contribution in [2.24, 2.45) is 5.41 Å². The van der Waals surface area contributed by atoms with Gasteiger partial charge in [0.05, 0.1) is 5.41 Å². The Balaban J connectivity index is 2.58. The maximum atomic E-state index is 13.3. The molecule has 1 aromatic rings. The average molecular weight is 254 g/mol. The Morgan fingerprint density at radius 1 is 1.39 bits per heavy atom. The van der Waals surface area contributed by atoms with Crippen molar-refractivity contribution in [3.63, 3.8) is 0 Å². The number of hydrogen-bond donors (Lipinski definition) is 1. The van der Waals surface area contributed by atoms with Crippen molar-refractivity contribution in [3.8, 4) is 0 Å². The van der Waals surface area contributed by atoms with Crippen LogP contribution in [0.1, 0.15) is 32.3 Å². The van der Waals surface area contributed by atoms with E-state index in [1.54, 1.807) is 19.9 Å². The number of carboxylic acids is 1. The molecule has 4 heteroatoms. The molecule has 0 aromatic heterocycles. The fourth-order valence-electron chi connectivity index (χ4n) is 1.40. The molecule has 1 aromatic carbocycles. The number of allylic oxidation sites excluding steroid dienone is 1. The highest BCUT2D eigenvalue weighted by atomic mass is 19.1. The summed E-state index contributed by atoms with van der Waals surface area (Å²) < 4.78 is 25.9. The highest BCUT2D eigenvalue weighted by Crippen LogP contribution is 2.23. The van der Waals surface area contributed by atoms with Gasteiger partial charge in [-0.2, -0.15) is 0 Å². The lowest BCUT2D eigenvalue weighted by atomic mass is 9.88. The lowest BCUT2D eigenvalue weighted by Gasteiger charge is -2.17. The third kappa shape index (κ3) is 3.95. The smallest absolute Gasteiger partial charge is 0.309 e. The van der Waals surface area contributed by atoms with Gasteiger partial charge in [-0.3, -0.25) is 4.79 Å². The van der Waals surface area contributed by atoms with Crippen molar-refractivity contribution in [2.45, 2.75) is 26.7 Å². The maximum Gasteiger partial charge on any atom is 0.309 e. The summed E-state index contributed by atoms with van der Waals surface area (Å²) >= 11 is 0. The predicted molar refractivity (Wildman–Crippen MR) is 66.0 cm³/mol. The van der Waals surface area contributed by atoms with Crippen LogP contribution in [0.2, 0.25) is 0 Å². The second kappa shape index (κ2) is 5.76. The molecule has 0 aliphatic heterocycles. The zero-order chi connectivity index (χ0) is 13.8. The fraction of sp³-hybridized carbons (Fsp3) is 0.357. The van der Waals surface area contributed by atoms with Crippen molar-refractivity contribution in [2.75, 3.05) is 0 Å². The first-order valence-electron chi connectivity index (χ1n) is 5.68. The minimum Gasteiger partial charge on any atom is -0.481 e. The SMILES string of the molecule is CC(C)(CC/C=C/c1ccc(F)cc1F)C(=O)O. The molecule has 0 spiro atoms. The molecule has 0 saturated carbocycles. The van der Waals surface area contributed by atoms with Gasteiger partial charge >= 0.3 is 5.97 Å². The largest absolute Gasteiger partial charge is 0.481 e. The molecule has 1 N–H and O–H groups in total. The summed E-state index contributed by atoms with van der Waals surface area (Å²) in [5.74, 6) is -2.09. The maximum absolute atomic E-state index is 13.3. The first-order chi connectivity index (χ1) is 8.33. The van der Waals surface area contributed by atoms with Gasteiger partial charge in [-0.1, -0.05) is 12.2 Å². The number of halogens is 2. The van der Waals surface area contributed by atoms with E-state index in [0.717, 1.165) is 6.07 Å². The molecule has 98 valence electrons. The summed E-state index contributed by atoms with van der Waals surface area (Å²) in [5, 5.41) is 8.91. The molecule has 0 bridgehead atoms. The van der Waals surface area contributed by atoms with Crippen LogP contribution in [-0.2, 0) is 4.79 Å². The average Bonchev–Trinajstić information content (AvgIpc) is 2.26. The highest BCUT2D eigenvalue weighted by molar-refractivity contribution is 5.73. The van der Waals surface area contributed by atoms with Gasteiger partial charge in [-0.25, -0.2) is 8.78 Å². The third-order valence-electron chi connectivity index (χ3n) is 2.77. The van der Waals surface area contributed by atoms with Crippen LogP contribution in [0.15, 0.2) is 24.3 Å². The van der Waals surface area contributed by atoms with E-state index < -0.39 is 23.0 Å². The molecular weight excluding hydrogens is 238 g/mol. The van der Waals surface area contributed by atoms with Crippen molar-refractivity contribution in [1.29, 1.82) is 0 Å². The molecule has 0 saturated heterocycles. The van der Waals surface area contributed by atoms with Gasteiger partial charge in [-0.05, 0) is 38.8 Å². The number of aliphatic carboxylic acids is 1. The van der Waals surface area contributed by atoms with E-state index in [1.165, 1.54) is 18.2 Å². The van der Waals surface area contributed by atoms with Gasteiger partial charge in [0.25, 0.3) is 0 Å². The highest BCUT2D eigenvalue weighted by Gasteiger charge is 2.25. The zero-order valence-electron chi connectivity index (χ0n) is 10.4. The number of benzene rings is 1. The van der Waals surface area contributed by atoms with Gasteiger partial charge < -0.3 is 5.11 Å². The first-order valence-corrected chi connectivity index (χ1v) is 5.68. The lowest BCUT2D eigenvalue weighted by Crippen LogP contribution is -2.22. The summed E-state index contributed by atoms with van der Waals surface area (Å²) in [6.45, 7) is 3.28. The molecule has 0 aliphatic carbocycles. The standard InChI is InChI=1S/C14H16F2O2/c1-14(2,13(17)18)8-4-3-5-10-6-7-11(15)9-12(10)16/h3,5-7,9H,4,8H2,1-2H3,(H,17,18)/b5-3+. The van der Waals surface area contributed by atoms with E-state index in [1.807, 2.05) is 0 Å². The molecule has 2 nitrogen and oxygen atoms in total. The minimum absolute atomic E-state index is 0.296. The molecule has 0 radical (unpaired) electrons. The monoisotopic (exact) mass is 254 g/mol. The Hall–Kier alpha value is -1.71. The van der Waals surface area contributed by atoms with Gasteiger partial charge in [0.2, 0.25) is 0 Å². The number of carboxylic acid groups (broad SMARTS) is 1. The second-order valence-corrected chi connectivity index (χ2v) is 4.80. The summed E-state index contributed by atoms with van der Waals surface area (Å²) in [6.07, 6.45) is 4.21. The van der Waals surface area contributed by atoms with E-state index in [-0.39, 0.29) is 0 Å². The molecular formula is C14H16F2O2. The molecule has 0 heterocycles. The quantitative estimate of drug-likeness (QED) is 0.866. The van der Waals surface area contributed by atoms with Crippen LogP contribution >= 0.6 is 0 Å². The van der Waals surface area contributed by atoms with Gasteiger partial charge in [0, 0.05) is 11.6 Å². The van der Waals surface area contributed by atoms with Gasteiger partial charge in [0.1, 0.15) is 11.6 Å². The van der Waals surface area contributed by atoms with Crippen LogP contribution in [0.4, 0.5) is 8.78 Å². The van der Waals surface area contributed by atoms with Crippen molar-refractivity contribution < 1.29 is 18.7 Å². The summed E-state index contributed by atoms with van der Waals surface area (Å²) in [4.78, 5) is 10.9. The van der Waals surface area contributed by atoms with Crippen LogP contribution in [0.3, 0.4) is 0 Å².